The predicted molar refractivity (Wildman–Crippen MR) is 80.7 cm³/mol. The zero-order valence-electron chi connectivity index (χ0n) is 11.9. The van der Waals surface area contributed by atoms with Gasteiger partial charge in [-0.1, -0.05) is 11.6 Å². The number of amides is 1. The Kier molecular flexibility index (Phi) is 7.33. The van der Waals surface area contributed by atoms with Crippen molar-refractivity contribution in [3.63, 3.8) is 0 Å². The fraction of sp³-hybridized carbons (Fsp3) is 0.500. The Morgan fingerprint density at radius 2 is 2.10 bits per heavy atom. The van der Waals surface area contributed by atoms with E-state index in [0.717, 1.165) is 13.0 Å². The number of benzene rings is 1. The number of hydrogen-bond donors (Lipinski definition) is 2. The molecule has 4 nitrogen and oxygen atoms in total. The van der Waals surface area contributed by atoms with Crippen LogP contribution in [0.1, 0.15) is 12.8 Å². The zero-order chi connectivity index (χ0) is 15.0. The van der Waals surface area contributed by atoms with E-state index >= 15 is 0 Å². The summed E-state index contributed by atoms with van der Waals surface area (Å²) in [7, 11) is 4.00. The largest absolute Gasteiger partial charge is 0.384 e. The van der Waals surface area contributed by atoms with Crippen molar-refractivity contribution in [3.05, 3.63) is 29.0 Å². The van der Waals surface area contributed by atoms with Crippen molar-refractivity contribution in [1.29, 1.82) is 0 Å². The Morgan fingerprint density at radius 3 is 2.75 bits per heavy atom. The van der Waals surface area contributed by atoms with E-state index in [0.29, 0.717) is 25.2 Å². The van der Waals surface area contributed by atoms with Gasteiger partial charge in [0, 0.05) is 25.2 Å². The molecule has 0 aromatic heterocycles. The molecule has 2 N–H and O–H groups in total. The van der Waals surface area contributed by atoms with Gasteiger partial charge >= 0.3 is 0 Å². The normalized spacial score (nSPS) is 10.7. The van der Waals surface area contributed by atoms with Crippen molar-refractivity contribution >= 4 is 23.2 Å². The van der Waals surface area contributed by atoms with Crippen LogP contribution in [0.2, 0.25) is 5.02 Å². The molecule has 0 aliphatic heterocycles. The molecule has 0 bridgehead atoms. The molecule has 0 heterocycles. The Hall–Kier alpha value is -1.33. The van der Waals surface area contributed by atoms with Gasteiger partial charge in [-0.05, 0) is 45.3 Å². The van der Waals surface area contributed by atoms with E-state index < -0.39 is 5.82 Å². The van der Waals surface area contributed by atoms with Crippen molar-refractivity contribution in [2.45, 2.75) is 12.8 Å². The Morgan fingerprint density at radius 1 is 1.35 bits per heavy atom. The summed E-state index contributed by atoms with van der Waals surface area (Å²) in [5, 5.41) is 5.96. The number of rotatable bonds is 8. The molecule has 0 aliphatic rings. The highest BCUT2D eigenvalue weighted by atomic mass is 35.5. The number of nitrogens with one attached hydrogen (secondary N) is 2. The van der Waals surface area contributed by atoms with E-state index in [-0.39, 0.29) is 10.9 Å². The average Bonchev–Trinajstić information content (AvgIpc) is 2.39. The van der Waals surface area contributed by atoms with E-state index in [4.69, 9.17) is 11.6 Å². The molecule has 0 saturated heterocycles. The van der Waals surface area contributed by atoms with Crippen LogP contribution in [-0.4, -0.2) is 44.5 Å². The second-order valence-electron chi connectivity index (χ2n) is 4.81. The third-order valence-electron chi connectivity index (χ3n) is 2.71. The van der Waals surface area contributed by atoms with Crippen LogP contribution in [0, 0.1) is 5.82 Å². The molecular formula is C14H21ClFN3O. The molecule has 0 unspecified atom stereocenters. The first-order valence-corrected chi connectivity index (χ1v) is 6.97. The molecule has 0 fully saturated rings. The summed E-state index contributed by atoms with van der Waals surface area (Å²) in [4.78, 5) is 13.6. The van der Waals surface area contributed by atoms with Crippen molar-refractivity contribution in [2.75, 3.05) is 39.0 Å². The third kappa shape index (κ3) is 6.73. The molecule has 1 amide bonds. The molecule has 1 rings (SSSR count). The highest BCUT2D eigenvalue weighted by Crippen LogP contribution is 2.19. The molecule has 0 radical (unpaired) electrons. The Labute approximate surface area is 124 Å². The second-order valence-corrected chi connectivity index (χ2v) is 5.22. The quantitative estimate of drug-likeness (QED) is 0.725. The van der Waals surface area contributed by atoms with Crippen LogP contribution >= 0.6 is 11.6 Å². The first-order chi connectivity index (χ1) is 9.49. The van der Waals surface area contributed by atoms with Gasteiger partial charge in [0.05, 0.1) is 5.02 Å². The zero-order valence-corrected chi connectivity index (χ0v) is 12.6. The fourth-order valence-electron chi connectivity index (χ4n) is 1.64. The summed E-state index contributed by atoms with van der Waals surface area (Å²) >= 11 is 5.67. The molecule has 6 heteroatoms. The molecule has 0 atom stereocenters. The van der Waals surface area contributed by atoms with Crippen LogP contribution in [0.25, 0.3) is 0 Å². The standard InChI is InChI=1S/C14H21ClFN3O/c1-19(2)9-3-7-18-14(20)6-8-17-11-4-5-13(16)12(15)10-11/h4-5,10,17H,3,6-9H2,1-2H3,(H,18,20). The molecule has 20 heavy (non-hydrogen) atoms. The van der Waals surface area contributed by atoms with Crippen LogP contribution in [0.4, 0.5) is 10.1 Å². The number of halogens is 2. The van der Waals surface area contributed by atoms with E-state index in [1.165, 1.54) is 12.1 Å². The summed E-state index contributed by atoms with van der Waals surface area (Å²) in [6.45, 7) is 2.12. The van der Waals surface area contributed by atoms with E-state index in [1.807, 2.05) is 14.1 Å². The lowest BCUT2D eigenvalue weighted by atomic mass is 10.3. The van der Waals surface area contributed by atoms with Gasteiger partial charge in [0.25, 0.3) is 0 Å². The van der Waals surface area contributed by atoms with Gasteiger partial charge in [0.2, 0.25) is 5.91 Å². The second kappa shape index (κ2) is 8.76. The predicted octanol–water partition coefficient (Wildman–Crippen LogP) is 2.35. The van der Waals surface area contributed by atoms with Gasteiger partial charge in [-0.15, -0.1) is 0 Å². The molecule has 112 valence electrons. The lowest BCUT2D eigenvalue weighted by molar-refractivity contribution is -0.120. The van der Waals surface area contributed by atoms with E-state index in [9.17, 15) is 9.18 Å². The first-order valence-electron chi connectivity index (χ1n) is 6.59. The maximum atomic E-state index is 13.0. The van der Waals surface area contributed by atoms with Gasteiger partial charge in [-0.2, -0.15) is 0 Å². The van der Waals surface area contributed by atoms with E-state index in [2.05, 4.69) is 15.5 Å². The van der Waals surface area contributed by atoms with Crippen molar-refractivity contribution in [3.8, 4) is 0 Å². The smallest absolute Gasteiger partial charge is 0.221 e. The highest BCUT2D eigenvalue weighted by Gasteiger charge is 2.03. The van der Waals surface area contributed by atoms with Gasteiger partial charge in [-0.25, -0.2) is 4.39 Å². The monoisotopic (exact) mass is 301 g/mol. The minimum Gasteiger partial charge on any atom is -0.384 e. The maximum Gasteiger partial charge on any atom is 0.221 e. The minimum absolute atomic E-state index is 0.00413. The number of anilines is 1. The van der Waals surface area contributed by atoms with Crippen LogP contribution in [-0.2, 0) is 4.79 Å². The van der Waals surface area contributed by atoms with Crippen LogP contribution < -0.4 is 10.6 Å². The molecule has 0 saturated carbocycles. The Balaban J connectivity index is 2.16. The van der Waals surface area contributed by atoms with E-state index in [1.54, 1.807) is 6.07 Å². The number of carbonyl (C=O) groups excluding carboxylic acids is 1. The maximum absolute atomic E-state index is 13.0. The average molecular weight is 302 g/mol. The summed E-state index contributed by atoms with van der Waals surface area (Å²) < 4.78 is 13.0. The molecular weight excluding hydrogens is 281 g/mol. The highest BCUT2D eigenvalue weighted by molar-refractivity contribution is 6.31. The lowest BCUT2D eigenvalue weighted by Gasteiger charge is -2.10. The summed E-state index contributed by atoms with van der Waals surface area (Å²) in [5.41, 5.74) is 0.705. The van der Waals surface area contributed by atoms with Crippen LogP contribution in [0.3, 0.4) is 0 Å². The fourth-order valence-corrected chi connectivity index (χ4v) is 1.82. The molecule has 1 aromatic carbocycles. The van der Waals surface area contributed by atoms with Crippen LogP contribution in [0.15, 0.2) is 18.2 Å². The SMILES string of the molecule is CN(C)CCCNC(=O)CCNc1ccc(F)c(Cl)c1. The summed E-state index contributed by atoms with van der Waals surface area (Å²) in [5.74, 6) is -0.444. The van der Waals surface area contributed by atoms with Gasteiger partial charge < -0.3 is 15.5 Å². The minimum atomic E-state index is -0.448. The number of nitrogens with zero attached hydrogens (tertiary/aromatic N) is 1. The first kappa shape index (κ1) is 16.7. The van der Waals surface area contributed by atoms with Gasteiger partial charge in [0.1, 0.15) is 5.82 Å². The third-order valence-corrected chi connectivity index (χ3v) is 2.99. The van der Waals surface area contributed by atoms with Crippen molar-refractivity contribution in [1.82, 2.24) is 10.2 Å². The molecule has 1 aromatic rings. The molecule has 0 aliphatic carbocycles. The Bertz CT molecular complexity index is 440. The lowest BCUT2D eigenvalue weighted by Crippen LogP contribution is -2.28. The molecule has 0 spiro atoms. The van der Waals surface area contributed by atoms with Crippen LogP contribution in [0.5, 0.6) is 0 Å². The number of carbonyl (C=O) groups is 1. The summed E-state index contributed by atoms with van der Waals surface area (Å²) in [6, 6.07) is 4.40. The van der Waals surface area contributed by atoms with Gasteiger partial charge in [0.15, 0.2) is 0 Å². The van der Waals surface area contributed by atoms with Crippen molar-refractivity contribution in [2.24, 2.45) is 0 Å². The summed E-state index contributed by atoms with van der Waals surface area (Å²) in [6.07, 6.45) is 1.30. The topological polar surface area (TPSA) is 44.4 Å². The van der Waals surface area contributed by atoms with Gasteiger partial charge in [-0.3, -0.25) is 4.79 Å². The van der Waals surface area contributed by atoms with Crippen molar-refractivity contribution < 1.29 is 9.18 Å². The number of hydrogen-bond acceptors (Lipinski definition) is 3.